The molecule has 1 N–H and O–H groups in total. The Morgan fingerprint density at radius 2 is 1.96 bits per heavy atom. The molecule has 0 radical (unpaired) electrons. The van der Waals surface area contributed by atoms with Crippen molar-refractivity contribution in [2.75, 3.05) is 5.75 Å². The van der Waals surface area contributed by atoms with Crippen LogP contribution >= 0.6 is 34.4 Å². The van der Waals surface area contributed by atoms with Crippen LogP contribution in [0.25, 0.3) is 0 Å². The monoisotopic (exact) mass is 438 g/mol. The largest absolute Gasteiger partial charge is 0.272 e. The van der Waals surface area contributed by atoms with Crippen LogP contribution in [0, 0.1) is 10.5 Å². The van der Waals surface area contributed by atoms with Crippen molar-refractivity contribution in [1.29, 1.82) is 0 Å². The van der Waals surface area contributed by atoms with E-state index in [-0.39, 0.29) is 5.91 Å². The first-order valence-corrected chi connectivity index (χ1v) is 9.50. The zero-order chi connectivity index (χ0) is 16.7. The molecule has 0 aliphatic carbocycles. The summed E-state index contributed by atoms with van der Waals surface area (Å²) in [6, 6.07) is 16.4. The molecule has 0 heterocycles. The maximum Gasteiger partial charge on any atom is 0.250 e. The number of rotatable bonds is 6. The fraction of sp³-hybridized carbons (Fsp3) is 0.222. The number of thioether (sulfide) groups is 1. The molecule has 5 heteroatoms. The van der Waals surface area contributed by atoms with Crippen LogP contribution in [0.4, 0.5) is 0 Å². The van der Waals surface area contributed by atoms with Gasteiger partial charge in [-0.1, -0.05) is 42.0 Å². The van der Waals surface area contributed by atoms with Crippen molar-refractivity contribution in [3.05, 3.63) is 68.8 Å². The fourth-order valence-corrected chi connectivity index (χ4v) is 3.23. The highest BCUT2D eigenvalue weighted by Gasteiger charge is 2.03. The molecule has 0 aliphatic heterocycles. The van der Waals surface area contributed by atoms with Crippen LogP contribution in [0.5, 0.6) is 0 Å². The van der Waals surface area contributed by atoms with E-state index in [0.717, 1.165) is 20.6 Å². The molecule has 3 nitrogen and oxygen atoms in total. The number of carbonyl (C=O) groups excluding carboxylic acids is 1. The lowest BCUT2D eigenvalue weighted by atomic mass is 10.1. The predicted octanol–water partition coefficient (Wildman–Crippen LogP) is 4.37. The van der Waals surface area contributed by atoms with Crippen LogP contribution in [0.2, 0.25) is 0 Å². The molecule has 2 aromatic rings. The van der Waals surface area contributed by atoms with Gasteiger partial charge in [-0.3, -0.25) is 4.79 Å². The summed E-state index contributed by atoms with van der Waals surface area (Å²) in [4.78, 5) is 11.8. The van der Waals surface area contributed by atoms with Crippen LogP contribution in [0.1, 0.15) is 23.6 Å². The second-order valence-electron chi connectivity index (χ2n) is 5.22. The minimum absolute atomic E-state index is 0.0768. The molecule has 2 aromatic carbocycles. The van der Waals surface area contributed by atoms with Crippen molar-refractivity contribution < 1.29 is 4.79 Å². The molecule has 0 aliphatic rings. The maximum absolute atomic E-state index is 11.8. The third kappa shape index (κ3) is 6.35. The molecule has 0 saturated heterocycles. The number of amides is 1. The molecular weight excluding hydrogens is 419 g/mol. The van der Waals surface area contributed by atoms with E-state index in [9.17, 15) is 4.79 Å². The average molecular weight is 438 g/mol. The Morgan fingerprint density at radius 3 is 2.65 bits per heavy atom. The Kier molecular flexibility index (Phi) is 7.11. The van der Waals surface area contributed by atoms with Crippen molar-refractivity contribution >= 4 is 46.0 Å². The molecule has 2 rings (SSSR count). The summed E-state index contributed by atoms with van der Waals surface area (Å²) in [5.41, 5.74) is 6.92. The van der Waals surface area contributed by atoms with E-state index in [1.807, 2.05) is 31.2 Å². The third-order valence-electron chi connectivity index (χ3n) is 3.21. The van der Waals surface area contributed by atoms with Crippen molar-refractivity contribution in [3.8, 4) is 0 Å². The highest BCUT2D eigenvalue weighted by Crippen LogP contribution is 2.13. The Labute approximate surface area is 155 Å². The smallest absolute Gasteiger partial charge is 0.250 e. The summed E-state index contributed by atoms with van der Waals surface area (Å²) in [6.45, 7) is 3.96. The first-order valence-electron chi connectivity index (χ1n) is 7.27. The molecule has 0 saturated carbocycles. The summed E-state index contributed by atoms with van der Waals surface area (Å²) >= 11 is 3.85. The van der Waals surface area contributed by atoms with E-state index < -0.39 is 0 Å². The molecular formula is C18H19IN2OS. The molecule has 0 spiro atoms. The summed E-state index contributed by atoms with van der Waals surface area (Å²) in [5, 5.41) is 4.17. The van der Waals surface area contributed by atoms with E-state index in [1.54, 1.807) is 11.8 Å². The van der Waals surface area contributed by atoms with Crippen LogP contribution in [-0.4, -0.2) is 17.4 Å². The van der Waals surface area contributed by atoms with Crippen molar-refractivity contribution in [1.82, 2.24) is 5.43 Å². The quantitative estimate of drug-likeness (QED) is 0.414. The number of benzene rings is 2. The molecule has 0 aromatic heterocycles. The van der Waals surface area contributed by atoms with Crippen LogP contribution in [0.15, 0.2) is 53.6 Å². The second kappa shape index (κ2) is 9.08. The maximum atomic E-state index is 11.8. The molecule has 1 amide bonds. The fourth-order valence-electron chi connectivity index (χ4n) is 1.90. The summed E-state index contributed by atoms with van der Waals surface area (Å²) in [5.74, 6) is 1.15. The van der Waals surface area contributed by atoms with E-state index >= 15 is 0 Å². The van der Waals surface area contributed by atoms with Gasteiger partial charge < -0.3 is 0 Å². The van der Waals surface area contributed by atoms with Gasteiger partial charge in [-0.25, -0.2) is 5.43 Å². The molecule has 120 valence electrons. The van der Waals surface area contributed by atoms with E-state index in [1.165, 1.54) is 11.1 Å². The van der Waals surface area contributed by atoms with Crippen LogP contribution < -0.4 is 5.43 Å². The number of hydrogen-bond acceptors (Lipinski definition) is 3. The van der Waals surface area contributed by atoms with Crippen molar-refractivity contribution in [3.63, 3.8) is 0 Å². The van der Waals surface area contributed by atoms with Gasteiger partial charge in [0.2, 0.25) is 5.91 Å². The van der Waals surface area contributed by atoms with Gasteiger partial charge in [0.25, 0.3) is 0 Å². The zero-order valence-electron chi connectivity index (χ0n) is 13.2. The predicted molar refractivity (Wildman–Crippen MR) is 107 cm³/mol. The number of aryl methyl sites for hydroxylation is 1. The lowest BCUT2D eigenvalue weighted by Gasteiger charge is -2.04. The van der Waals surface area contributed by atoms with E-state index in [0.29, 0.717) is 5.75 Å². The minimum atomic E-state index is -0.0768. The van der Waals surface area contributed by atoms with Gasteiger partial charge in [0.15, 0.2) is 0 Å². The van der Waals surface area contributed by atoms with Crippen molar-refractivity contribution in [2.24, 2.45) is 5.10 Å². The lowest BCUT2D eigenvalue weighted by Crippen LogP contribution is -2.21. The number of carbonyl (C=O) groups is 1. The average Bonchev–Trinajstić information content (AvgIpc) is 2.54. The molecule has 0 unspecified atom stereocenters. The normalized spacial score (nSPS) is 11.3. The first kappa shape index (κ1) is 18.0. The van der Waals surface area contributed by atoms with Gasteiger partial charge in [-0.05, 0) is 59.7 Å². The summed E-state index contributed by atoms with van der Waals surface area (Å²) in [6.07, 6.45) is 0. The molecule has 23 heavy (non-hydrogen) atoms. The van der Waals surface area contributed by atoms with Gasteiger partial charge in [-0.15, -0.1) is 11.8 Å². The standard InChI is InChI=1S/C18H19IN2OS/c1-13-6-8-15(9-7-13)11-23-12-18(22)21-20-14(2)16-4-3-5-17(19)10-16/h3-10H,11-12H2,1-2H3,(H,21,22)/b20-14-. The topological polar surface area (TPSA) is 41.5 Å². The van der Waals surface area contributed by atoms with E-state index in [2.05, 4.69) is 64.3 Å². The van der Waals surface area contributed by atoms with Crippen LogP contribution in [0.3, 0.4) is 0 Å². The number of hydrogen-bond donors (Lipinski definition) is 1. The Hall–Kier alpha value is -1.34. The van der Waals surface area contributed by atoms with E-state index in [4.69, 9.17) is 0 Å². The highest BCUT2D eigenvalue weighted by molar-refractivity contribution is 14.1. The Morgan fingerprint density at radius 1 is 1.22 bits per heavy atom. The first-order chi connectivity index (χ1) is 11.0. The summed E-state index contributed by atoms with van der Waals surface area (Å²) < 4.78 is 1.15. The number of hydrazone groups is 1. The Balaban J connectivity index is 1.78. The molecule has 0 fully saturated rings. The zero-order valence-corrected chi connectivity index (χ0v) is 16.1. The molecule has 0 atom stereocenters. The van der Waals surface area contributed by atoms with Crippen LogP contribution in [-0.2, 0) is 10.5 Å². The highest BCUT2D eigenvalue weighted by atomic mass is 127. The molecule has 0 bridgehead atoms. The van der Waals surface area contributed by atoms with Gasteiger partial charge in [-0.2, -0.15) is 5.10 Å². The van der Waals surface area contributed by atoms with Gasteiger partial charge in [0.05, 0.1) is 11.5 Å². The third-order valence-corrected chi connectivity index (χ3v) is 4.89. The van der Waals surface area contributed by atoms with Gasteiger partial charge >= 0.3 is 0 Å². The number of halogens is 1. The Bertz CT molecular complexity index is 698. The second-order valence-corrected chi connectivity index (χ2v) is 7.45. The number of nitrogens with one attached hydrogen (secondary N) is 1. The van der Waals surface area contributed by atoms with Gasteiger partial charge in [0.1, 0.15) is 0 Å². The lowest BCUT2D eigenvalue weighted by molar-refractivity contribution is -0.118. The van der Waals surface area contributed by atoms with Gasteiger partial charge in [0, 0.05) is 9.32 Å². The SMILES string of the molecule is C/C(=N/NC(=O)CSCc1ccc(C)cc1)c1cccc(I)c1. The minimum Gasteiger partial charge on any atom is -0.272 e. The summed E-state index contributed by atoms with van der Waals surface area (Å²) in [7, 11) is 0. The van der Waals surface area contributed by atoms with Crippen molar-refractivity contribution in [2.45, 2.75) is 19.6 Å². The number of nitrogens with zero attached hydrogens (tertiary/aromatic N) is 1.